The van der Waals surface area contributed by atoms with Gasteiger partial charge in [-0.2, -0.15) is 0 Å². The van der Waals surface area contributed by atoms with Gasteiger partial charge in [-0.15, -0.1) is 0 Å². The molecule has 3 N–H and O–H groups in total. The predicted molar refractivity (Wildman–Crippen MR) is 80.5 cm³/mol. The van der Waals surface area contributed by atoms with E-state index in [0.29, 0.717) is 18.2 Å². The highest BCUT2D eigenvalue weighted by Crippen LogP contribution is 2.24. The molecule has 1 aromatic rings. The number of rotatable bonds is 4. The first kappa shape index (κ1) is 14.9. The van der Waals surface area contributed by atoms with Crippen LogP contribution in [0.3, 0.4) is 0 Å². The highest BCUT2D eigenvalue weighted by Gasteiger charge is 2.19. The van der Waals surface area contributed by atoms with Gasteiger partial charge in [0.2, 0.25) is 0 Å². The number of halogens is 2. The molecule has 106 valence electrons. The Balaban J connectivity index is 2.06. The highest BCUT2D eigenvalue weighted by atomic mass is 79.9. The normalized spacial score (nSPS) is 19.1. The summed E-state index contributed by atoms with van der Waals surface area (Å²) in [5.41, 5.74) is 6.50. The Morgan fingerprint density at radius 2 is 1.95 bits per heavy atom. The fourth-order valence-electron chi connectivity index (χ4n) is 2.80. The van der Waals surface area contributed by atoms with Gasteiger partial charge in [0.1, 0.15) is 5.82 Å². The summed E-state index contributed by atoms with van der Waals surface area (Å²) >= 11 is 3.28. The van der Waals surface area contributed by atoms with E-state index in [2.05, 4.69) is 21.2 Å². The molecule has 1 aromatic carbocycles. The largest absolute Gasteiger partial charge is 0.329 e. The van der Waals surface area contributed by atoms with E-state index in [-0.39, 0.29) is 11.9 Å². The average Bonchev–Trinajstić information content (AvgIpc) is 2.65. The van der Waals surface area contributed by atoms with E-state index in [1.54, 1.807) is 0 Å². The Hall–Kier alpha value is -0.450. The van der Waals surface area contributed by atoms with Crippen LogP contribution >= 0.6 is 15.9 Å². The van der Waals surface area contributed by atoms with Crippen molar-refractivity contribution in [1.29, 1.82) is 0 Å². The summed E-state index contributed by atoms with van der Waals surface area (Å²) in [7, 11) is 0. The van der Waals surface area contributed by atoms with Crippen LogP contribution < -0.4 is 11.1 Å². The molecule has 1 fully saturated rings. The molecule has 2 rings (SSSR count). The molecule has 1 unspecified atom stereocenters. The molecule has 1 saturated carbocycles. The lowest BCUT2D eigenvalue weighted by molar-refractivity contribution is 0.394. The minimum atomic E-state index is -0.189. The van der Waals surface area contributed by atoms with E-state index in [1.807, 2.05) is 12.1 Å². The number of nitrogens with two attached hydrogens (primary N) is 1. The van der Waals surface area contributed by atoms with Crippen molar-refractivity contribution in [2.45, 2.75) is 50.6 Å². The Labute approximate surface area is 123 Å². The van der Waals surface area contributed by atoms with Gasteiger partial charge in [-0.1, -0.05) is 47.7 Å². The molecule has 0 aliphatic heterocycles. The van der Waals surface area contributed by atoms with Crippen LogP contribution in [0.25, 0.3) is 0 Å². The van der Waals surface area contributed by atoms with Crippen molar-refractivity contribution in [2.24, 2.45) is 5.73 Å². The maximum Gasteiger partial charge on any atom is 0.129 e. The van der Waals surface area contributed by atoms with Crippen LogP contribution in [0, 0.1) is 5.82 Å². The van der Waals surface area contributed by atoms with Crippen molar-refractivity contribution in [1.82, 2.24) is 5.32 Å². The average molecular weight is 329 g/mol. The lowest BCUT2D eigenvalue weighted by atomic mass is 10.0. The molecule has 0 spiro atoms. The SMILES string of the molecule is NCC(NC1CCCCCC1)c1ccc(Br)cc1F. The molecule has 1 atom stereocenters. The minimum Gasteiger partial charge on any atom is -0.329 e. The van der Waals surface area contributed by atoms with Gasteiger partial charge < -0.3 is 11.1 Å². The number of hydrogen-bond donors (Lipinski definition) is 2. The molecular formula is C15H22BrFN2. The van der Waals surface area contributed by atoms with Crippen LogP contribution in [0.15, 0.2) is 22.7 Å². The molecular weight excluding hydrogens is 307 g/mol. The molecule has 0 saturated heterocycles. The number of benzene rings is 1. The first-order chi connectivity index (χ1) is 9.20. The van der Waals surface area contributed by atoms with Gasteiger partial charge in [-0.3, -0.25) is 0 Å². The first-order valence-electron chi connectivity index (χ1n) is 7.12. The maximum absolute atomic E-state index is 14.0. The topological polar surface area (TPSA) is 38.0 Å². The summed E-state index contributed by atoms with van der Waals surface area (Å²) in [4.78, 5) is 0. The zero-order valence-corrected chi connectivity index (χ0v) is 12.8. The first-order valence-corrected chi connectivity index (χ1v) is 7.91. The van der Waals surface area contributed by atoms with Crippen molar-refractivity contribution < 1.29 is 4.39 Å². The van der Waals surface area contributed by atoms with E-state index < -0.39 is 0 Å². The monoisotopic (exact) mass is 328 g/mol. The van der Waals surface area contributed by atoms with Gasteiger partial charge in [0.05, 0.1) is 0 Å². The van der Waals surface area contributed by atoms with E-state index in [0.717, 1.165) is 4.47 Å². The summed E-state index contributed by atoms with van der Waals surface area (Å²) in [6.07, 6.45) is 7.51. The molecule has 1 aliphatic carbocycles. The lowest BCUT2D eigenvalue weighted by Gasteiger charge is -2.24. The van der Waals surface area contributed by atoms with Crippen LogP contribution in [-0.2, 0) is 0 Å². The van der Waals surface area contributed by atoms with Crippen molar-refractivity contribution >= 4 is 15.9 Å². The van der Waals surface area contributed by atoms with Gasteiger partial charge >= 0.3 is 0 Å². The lowest BCUT2D eigenvalue weighted by Crippen LogP contribution is -2.36. The van der Waals surface area contributed by atoms with Crippen LogP contribution in [0.5, 0.6) is 0 Å². The second-order valence-corrected chi connectivity index (χ2v) is 6.22. The van der Waals surface area contributed by atoms with Crippen LogP contribution in [0.2, 0.25) is 0 Å². The third-order valence-electron chi connectivity index (χ3n) is 3.87. The quantitative estimate of drug-likeness (QED) is 0.822. The second-order valence-electron chi connectivity index (χ2n) is 5.31. The molecule has 2 nitrogen and oxygen atoms in total. The Bertz CT molecular complexity index is 403. The summed E-state index contributed by atoms with van der Waals surface area (Å²) in [6, 6.07) is 5.58. The fourth-order valence-corrected chi connectivity index (χ4v) is 3.13. The van der Waals surface area contributed by atoms with Crippen molar-refractivity contribution in [3.63, 3.8) is 0 Å². The highest BCUT2D eigenvalue weighted by molar-refractivity contribution is 9.10. The van der Waals surface area contributed by atoms with Crippen molar-refractivity contribution in [2.75, 3.05) is 6.54 Å². The zero-order valence-electron chi connectivity index (χ0n) is 11.2. The number of nitrogens with one attached hydrogen (secondary N) is 1. The van der Waals surface area contributed by atoms with Crippen LogP contribution in [0.1, 0.15) is 50.1 Å². The van der Waals surface area contributed by atoms with Gasteiger partial charge in [0.25, 0.3) is 0 Å². The zero-order chi connectivity index (χ0) is 13.7. The van der Waals surface area contributed by atoms with E-state index in [9.17, 15) is 4.39 Å². The van der Waals surface area contributed by atoms with Crippen molar-refractivity contribution in [3.05, 3.63) is 34.1 Å². The van der Waals surface area contributed by atoms with E-state index in [1.165, 1.54) is 44.6 Å². The van der Waals surface area contributed by atoms with Gasteiger partial charge in [-0.05, 0) is 25.0 Å². The van der Waals surface area contributed by atoms with Crippen LogP contribution in [0.4, 0.5) is 4.39 Å². The molecule has 4 heteroatoms. The van der Waals surface area contributed by atoms with Crippen LogP contribution in [-0.4, -0.2) is 12.6 Å². The molecule has 1 aliphatic rings. The standard InChI is InChI=1S/C15H22BrFN2/c16-11-7-8-13(14(17)9-11)15(10-18)19-12-5-3-1-2-4-6-12/h7-9,12,15,19H,1-6,10,18H2. The molecule has 0 bridgehead atoms. The molecule has 0 radical (unpaired) electrons. The predicted octanol–water partition coefficient (Wildman–Crippen LogP) is 3.90. The third kappa shape index (κ3) is 4.26. The molecule has 19 heavy (non-hydrogen) atoms. The summed E-state index contributed by atoms with van der Waals surface area (Å²) in [5, 5.41) is 3.54. The Morgan fingerprint density at radius 3 is 2.53 bits per heavy atom. The maximum atomic E-state index is 14.0. The fraction of sp³-hybridized carbons (Fsp3) is 0.600. The molecule has 0 aromatic heterocycles. The summed E-state index contributed by atoms with van der Waals surface area (Å²) < 4.78 is 14.8. The van der Waals surface area contributed by atoms with E-state index >= 15 is 0 Å². The number of hydrogen-bond acceptors (Lipinski definition) is 2. The Kier molecular flexibility index (Phi) is 5.79. The summed E-state index contributed by atoms with van der Waals surface area (Å²) in [6.45, 7) is 0.426. The third-order valence-corrected chi connectivity index (χ3v) is 4.36. The minimum absolute atomic E-state index is 0.0869. The van der Waals surface area contributed by atoms with Crippen molar-refractivity contribution in [3.8, 4) is 0 Å². The molecule has 0 heterocycles. The summed E-state index contributed by atoms with van der Waals surface area (Å²) in [5.74, 6) is -0.189. The molecule has 0 amide bonds. The van der Waals surface area contributed by atoms with Gasteiger partial charge in [0.15, 0.2) is 0 Å². The van der Waals surface area contributed by atoms with Gasteiger partial charge in [-0.25, -0.2) is 4.39 Å². The van der Waals surface area contributed by atoms with Gasteiger partial charge in [0, 0.05) is 28.7 Å². The smallest absolute Gasteiger partial charge is 0.129 e. The Morgan fingerprint density at radius 1 is 1.26 bits per heavy atom. The second kappa shape index (κ2) is 7.36. The van der Waals surface area contributed by atoms with E-state index in [4.69, 9.17) is 5.73 Å².